The predicted molar refractivity (Wildman–Crippen MR) is 107 cm³/mol. The molecule has 1 N–H and O–H groups in total. The van der Waals surface area contributed by atoms with Gasteiger partial charge in [0.1, 0.15) is 0 Å². The fourth-order valence-electron chi connectivity index (χ4n) is 5.53. The second kappa shape index (κ2) is 7.63. The van der Waals surface area contributed by atoms with Crippen molar-refractivity contribution in [2.75, 3.05) is 13.1 Å². The number of nitrogens with zero attached hydrogens (tertiary/aromatic N) is 1. The number of likely N-dealkylation sites (tertiary alicyclic amines) is 1. The molecule has 4 rings (SSSR count). The second-order valence-corrected chi connectivity index (χ2v) is 9.52. The minimum absolute atomic E-state index is 0.0841. The van der Waals surface area contributed by atoms with Gasteiger partial charge in [0.15, 0.2) is 0 Å². The SMILES string of the molecule is OC1C[C@@H]2CCCC[C@H]2CC1N1CCC(c2ccc(I)cc2)CC1. The van der Waals surface area contributed by atoms with Gasteiger partial charge in [-0.15, -0.1) is 0 Å². The van der Waals surface area contributed by atoms with E-state index in [1.165, 1.54) is 54.1 Å². The fraction of sp³-hybridized carbons (Fsp3) is 0.714. The summed E-state index contributed by atoms with van der Waals surface area (Å²) in [5.74, 6) is 2.41. The zero-order chi connectivity index (χ0) is 16.5. The highest BCUT2D eigenvalue weighted by atomic mass is 127. The Morgan fingerprint density at radius 3 is 2.17 bits per heavy atom. The molecule has 3 heteroatoms. The molecule has 1 aromatic rings. The van der Waals surface area contributed by atoms with Crippen LogP contribution in [0.25, 0.3) is 0 Å². The third kappa shape index (κ3) is 3.68. The van der Waals surface area contributed by atoms with Crippen LogP contribution in [0.15, 0.2) is 24.3 Å². The molecule has 3 aliphatic rings. The largest absolute Gasteiger partial charge is 0.391 e. The molecule has 3 fully saturated rings. The number of hydrogen-bond donors (Lipinski definition) is 1. The Bertz CT molecular complexity index is 537. The maximum absolute atomic E-state index is 10.7. The van der Waals surface area contributed by atoms with Crippen LogP contribution in [0.1, 0.15) is 62.8 Å². The topological polar surface area (TPSA) is 23.5 Å². The summed E-state index contributed by atoms with van der Waals surface area (Å²) in [5.41, 5.74) is 1.51. The molecule has 0 bridgehead atoms. The van der Waals surface area contributed by atoms with Crippen molar-refractivity contribution in [3.63, 3.8) is 0 Å². The van der Waals surface area contributed by atoms with Crippen molar-refractivity contribution in [2.24, 2.45) is 11.8 Å². The van der Waals surface area contributed by atoms with E-state index in [2.05, 4.69) is 51.8 Å². The Morgan fingerprint density at radius 1 is 0.875 bits per heavy atom. The van der Waals surface area contributed by atoms with Crippen LogP contribution < -0.4 is 0 Å². The standard InChI is InChI=1S/C21H30INO/c22-19-7-5-15(6-8-19)16-9-11-23(12-10-16)20-13-17-3-1-2-4-18(17)14-21(20)24/h5-8,16-18,20-21,24H,1-4,9-14H2/t17-,18-,20?,21?/m0/s1. The van der Waals surface area contributed by atoms with Crippen LogP contribution in [0.5, 0.6) is 0 Å². The van der Waals surface area contributed by atoms with Gasteiger partial charge in [0, 0.05) is 9.61 Å². The van der Waals surface area contributed by atoms with Crippen LogP contribution in [-0.4, -0.2) is 35.2 Å². The van der Waals surface area contributed by atoms with Gasteiger partial charge in [-0.25, -0.2) is 0 Å². The summed E-state index contributed by atoms with van der Waals surface area (Å²) in [4.78, 5) is 2.62. The first kappa shape index (κ1) is 17.3. The van der Waals surface area contributed by atoms with Crippen LogP contribution in [0.3, 0.4) is 0 Å². The van der Waals surface area contributed by atoms with Gasteiger partial charge in [-0.2, -0.15) is 0 Å². The van der Waals surface area contributed by atoms with Crippen molar-refractivity contribution in [3.05, 3.63) is 33.4 Å². The first-order valence-electron chi connectivity index (χ1n) is 9.88. The Balaban J connectivity index is 1.36. The highest BCUT2D eigenvalue weighted by Gasteiger charge is 2.40. The van der Waals surface area contributed by atoms with E-state index in [1.54, 1.807) is 0 Å². The zero-order valence-electron chi connectivity index (χ0n) is 14.5. The van der Waals surface area contributed by atoms with Crippen molar-refractivity contribution in [2.45, 2.75) is 69.4 Å². The predicted octanol–water partition coefficient (Wildman–Crippen LogP) is 4.80. The van der Waals surface area contributed by atoms with Crippen molar-refractivity contribution in [1.82, 2.24) is 4.90 Å². The molecular formula is C21H30INO. The molecule has 2 saturated carbocycles. The van der Waals surface area contributed by atoms with Crippen LogP contribution in [0.4, 0.5) is 0 Å². The van der Waals surface area contributed by atoms with E-state index < -0.39 is 0 Å². The molecule has 1 aromatic carbocycles. The molecule has 0 spiro atoms. The van der Waals surface area contributed by atoms with Gasteiger partial charge in [0.25, 0.3) is 0 Å². The molecular weight excluding hydrogens is 409 g/mol. The van der Waals surface area contributed by atoms with Gasteiger partial charge >= 0.3 is 0 Å². The molecule has 1 heterocycles. The lowest BCUT2D eigenvalue weighted by atomic mass is 9.68. The molecule has 2 aliphatic carbocycles. The molecule has 0 amide bonds. The molecule has 0 radical (unpaired) electrons. The summed E-state index contributed by atoms with van der Waals surface area (Å²) in [6.45, 7) is 2.32. The maximum atomic E-state index is 10.7. The molecule has 132 valence electrons. The summed E-state index contributed by atoms with van der Waals surface area (Å²) >= 11 is 2.38. The van der Waals surface area contributed by atoms with E-state index in [1.807, 2.05) is 0 Å². The van der Waals surface area contributed by atoms with Crippen LogP contribution in [-0.2, 0) is 0 Å². The Hall–Kier alpha value is -0.130. The van der Waals surface area contributed by atoms with Gasteiger partial charge in [0.05, 0.1) is 6.10 Å². The number of aliphatic hydroxyl groups is 1. The Morgan fingerprint density at radius 2 is 1.50 bits per heavy atom. The van der Waals surface area contributed by atoms with Gasteiger partial charge < -0.3 is 5.11 Å². The molecule has 1 aliphatic heterocycles. The lowest BCUT2D eigenvalue weighted by molar-refractivity contribution is -0.0386. The summed E-state index contributed by atoms with van der Waals surface area (Å²) in [6, 6.07) is 9.52. The van der Waals surface area contributed by atoms with E-state index in [0.717, 1.165) is 31.3 Å². The van der Waals surface area contributed by atoms with Crippen molar-refractivity contribution >= 4 is 22.6 Å². The highest BCUT2D eigenvalue weighted by Crippen LogP contribution is 2.43. The molecule has 0 aromatic heterocycles. The van der Waals surface area contributed by atoms with Gasteiger partial charge in [-0.3, -0.25) is 4.90 Å². The monoisotopic (exact) mass is 439 g/mol. The first-order valence-corrected chi connectivity index (χ1v) is 11.0. The third-order valence-corrected chi connectivity index (χ3v) is 7.66. The molecule has 2 unspecified atom stereocenters. The molecule has 1 saturated heterocycles. The zero-order valence-corrected chi connectivity index (χ0v) is 16.7. The average Bonchev–Trinajstić information content (AvgIpc) is 2.62. The second-order valence-electron chi connectivity index (χ2n) is 8.27. The number of piperidine rings is 1. The number of fused-ring (bicyclic) bond motifs is 1. The lowest BCUT2D eigenvalue weighted by Gasteiger charge is -2.47. The smallest absolute Gasteiger partial charge is 0.0698 e. The summed E-state index contributed by atoms with van der Waals surface area (Å²) in [5, 5.41) is 10.7. The molecule has 2 nitrogen and oxygen atoms in total. The van der Waals surface area contributed by atoms with E-state index in [9.17, 15) is 5.11 Å². The lowest BCUT2D eigenvalue weighted by Crippen LogP contribution is -2.52. The number of aliphatic hydroxyl groups excluding tert-OH is 1. The van der Waals surface area contributed by atoms with Crippen molar-refractivity contribution in [3.8, 4) is 0 Å². The minimum Gasteiger partial charge on any atom is -0.391 e. The van der Waals surface area contributed by atoms with Crippen molar-refractivity contribution < 1.29 is 5.11 Å². The number of halogens is 1. The van der Waals surface area contributed by atoms with E-state index in [0.29, 0.717) is 12.0 Å². The highest BCUT2D eigenvalue weighted by molar-refractivity contribution is 14.1. The van der Waals surface area contributed by atoms with Crippen LogP contribution in [0, 0.1) is 15.4 Å². The van der Waals surface area contributed by atoms with E-state index in [4.69, 9.17) is 0 Å². The maximum Gasteiger partial charge on any atom is 0.0698 e. The molecule has 4 atom stereocenters. The molecule has 24 heavy (non-hydrogen) atoms. The summed E-state index contributed by atoms with van der Waals surface area (Å²) in [7, 11) is 0. The van der Waals surface area contributed by atoms with Crippen LogP contribution in [0.2, 0.25) is 0 Å². The van der Waals surface area contributed by atoms with Gasteiger partial charge in [0.2, 0.25) is 0 Å². The summed E-state index contributed by atoms with van der Waals surface area (Å²) < 4.78 is 1.32. The van der Waals surface area contributed by atoms with Gasteiger partial charge in [-0.1, -0.05) is 37.8 Å². The third-order valence-electron chi connectivity index (χ3n) is 6.94. The van der Waals surface area contributed by atoms with E-state index in [-0.39, 0.29) is 6.10 Å². The minimum atomic E-state index is -0.0841. The Kier molecular flexibility index (Phi) is 5.50. The van der Waals surface area contributed by atoms with Crippen molar-refractivity contribution in [1.29, 1.82) is 0 Å². The fourth-order valence-corrected chi connectivity index (χ4v) is 5.89. The van der Waals surface area contributed by atoms with Crippen LogP contribution >= 0.6 is 22.6 Å². The van der Waals surface area contributed by atoms with E-state index >= 15 is 0 Å². The number of benzene rings is 1. The Labute approximate surface area is 160 Å². The average molecular weight is 439 g/mol. The number of hydrogen-bond acceptors (Lipinski definition) is 2. The summed E-state index contributed by atoms with van der Waals surface area (Å²) in [6.07, 6.45) is 10.3. The first-order chi connectivity index (χ1) is 11.7. The normalized spacial score (nSPS) is 35.6. The quantitative estimate of drug-likeness (QED) is 0.670. The van der Waals surface area contributed by atoms with Gasteiger partial charge in [-0.05, 0) is 96.8 Å². The number of rotatable bonds is 2.